The van der Waals surface area contributed by atoms with Crippen molar-refractivity contribution >= 4 is 11.9 Å². The van der Waals surface area contributed by atoms with Gasteiger partial charge in [0.05, 0.1) is 6.42 Å². The van der Waals surface area contributed by atoms with Crippen LogP contribution < -0.4 is 5.32 Å². The lowest BCUT2D eigenvalue weighted by atomic mass is 9.99. The Kier molecular flexibility index (Phi) is 6.03. The molecular formula is C15H21NO4. The number of hydrogen-bond acceptors (Lipinski definition) is 3. The number of phenols is 1. The summed E-state index contributed by atoms with van der Waals surface area (Å²) in [6, 6.07) is 6.38. The molecule has 0 aliphatic rings. The molecule has 0 spiro atoms. The number of carboxylic acids is 1. The Balaban J connectivity index is 2.53. The topological polar surface area (TPSA) is 86.6 Å². The predicted octanol–water partition coefficient (Wildman–Crippen LogP) is 1.94. The molecule has 5 nitrogen and oxygen atoms in total. The molecule has 1 aromatic carbocycles. The number of benzene rings is 1. The van der Waals surface area contributed by atoms with Crippen molar-refractivity contribution in [3.05, 3.63) is 29.8 Å². The summed E-state index contributed by atoms with van der Waals surface area (Å²) in [6.45, 7) is 3.65. The normalized spacial score (nSPS) is 13.5. The predicted molar refractivity (Wildman–Crippen MR) is 75.4 cm³/mol. The Morgan fingerprint density at radius 2 is 1.85 bits per heavy atom. The zero-order valence-electron chi connectivity index (χ0n) is 11.8. The molecule has 0 fully saturated rings. The van der Waals surface area contributed by atoms with Crippen molar-refractivity contribution in [2.45, 2.75) is 39.2 Å². The van der Waals surface area contributed by atoms with Crippen molar-refractivity contribution in [1.29, 1.82) is 0 Å². The average Bonchev–Trinajstić information content (AvgIpc) is 2.39. The second kappa shape index (κ2) is 7.53. The first-order valence-corrected chi connectivity index (χ1v) is 6.72. The molecule has 0 saturated heterocycles. The summed E-state index contributed by atoms with van der Waals surface area (Å²) in [4.78, 5) is 22.7. The van der Waals surface area contributed by atoms with E-state index < -0.39 is 5.97 Å². The molecule has 3 N–H and O–H groups in total. The van der Waals surface area contributed by atoms with E-state index in [1.54, 1.807) is 31.2 Å². The molecule has 0 unspecified atom stereocenters. The molecule has 0 radical (unpaired) electrons. The standard InChI is InChI=1S/C15H21NO4/c1-3-12(9-14(18)19)16-15(20)10(2)8-11-4-6-13(17)7-5-11/h4-7,10,12,17H,3,8-9H2,1-2H3,(H,16,20)(H,18,19)/t10-,12+/m0/s1. The Labute approximate surface area is 118 Å². The third kappa shape index (κ3) is 5.30. The van der Waals surface area contributed by atoms with Crippen LogP contribution in [0.15, 0.2) is 24.3 Å². The van der Waals surface area contributed by atoms with Crippen molar-refractivity contribution in [2.75, 3.05) is 0 Å². The number of rotatable bonds is 7. The van der Waals surface area contributed by atoms with Gasteiger partial charge in [0.1, 0.15) is 5.75 Å². The quantitative estimate of drug-likeness (QED) is 0.712. The van der Waals surface area contributed by atoms with Crippen LogP contribution in [0.3, 0.4) is 0 Å². The number of phenolic OH excluding ortho intramolecular Hbond substituents is 1. The molecule has 0 saturated carbocycles. The van der Waals surface area contributed by atoms with Crippen molar-refractivity contribution in [1.82, 2.24) is 5.32 Å². The number of aromatic hydroxyl groups is 1. The number of carbonyl (C=O) groups excluding carboxylic acids is 1. The van der Waals surface area contributed by atoms with Gasteiger partial charge < -0.3 is 15.5 Å². The van der Waals surface area contributed by atoms with E-state index in [-0.39, 0.29) is 30.0 Å². The maximum absolute atomic E-state index is 12.0. The molecule has 0 aliphatic carbocycles. The lowest BCUT2D eigenvalue weighted by Gasteiger charge is -2.18. The number of nitrogens with one attached hydrogen (secondary N) is 1. The van der Waals surface area contributed by atoms with Gasteiger partial charge in [-0.25, -0.2) is 0 Å². The smallest absolute Gasteiger partial charge is 0.305 e. The Morgan fingerprint density at radius 3 is 2.35 bits per heavy atom. The molecular weight excluding hydrogens is 258 g/mol. The van der Waals surface area contributed by atoms with Crippen LogP contribution in [0, 0.1) is 5.92 Å². The maximum Gasteiger partial charge on any atom is 0.305 e. The molecule has 20 heavy (non-hydrogen) atoms. The SMILES string of the molecule is CC[C@H](CC(=O)O)NC(=O)[C@@H](C)Cc1ccc(O)cc1. The van der Waals surface area contributed by atoms with E-state index in [2.05, 4.69) is 5.32 Å². The van der Waals surface area contributed by atoms with Gasteiger partial charge in [-0.15, -0.1) is 0 Å². The van der Waals surface area contributed by atoms with Crippen LogP contribution in [0.5, 0.6) is 5.75 Å². The fraction of sp³-hybridized carbons (Fsp3) is 0.467. The molecule has 110 valence electrons. The summed E-state index contributed by atoms with van der Waals surface area (Å²) in [7, 11) is 0. The zero-order valence-corrected chi connectivity index (χ0v) is 11.8. The Bertz CT molecular complexity index is 455. The number of carbonyl (C=O) groups is 2. The van der Waals surface area contributed by atoms with Crippen LogP contribution in [0.2, 0.25) is 0 Å². The molecule has 1 aromatic rings. The second-order valence-corrected chi connectivity index (χ2v) is 4.98. The summed E-state index contributed by atoms with van der Waals surface area (Å²) >= 11 is 0. The van der Waals surface area contributed by atoms with Gasteiger partial charge >= 0.3 is 5.97 Å². The highest BCUT2D eigenvalue weighted by Gasteiger charge is 2.18. The largest absolute Gasteiger partial charge is 0.508 e. The van der Waals surface area contributed by atoms with E-state index >= 15 is 0 Å². The second-order valence-electron chi connectivity index (χ2n) is 4.98. The first-order chi connectivity index (χ1) is 9.42. The van der Waals surface area contributed by atoms with Crippen molar-refractivity contribution in [2.24, 2.45) is 5.92 Å². The molecule has 0 aliphatic heterocycles. The number of aliphatic carboxylic acids is 1. The third-order valence-corrected chi connectivity index (χ3v) is 3.19. The van der Waals surface area contributed by atoms with Gasteiger partial charge in [-0.05, 0) is 30.5 Å². The monoisotopic (exact) mass is 279 g/mol. The lowest BCUT2D eigenvalue weighted by Crippen LogP contribution is -2.39. The van der Waals surface area contributed by atoms with Crippen LogP contribution in [0.1, 0.15) is 32.3 Å². The fourth-order valence-electron chi connectivity index (χ4n) is 1.93. The van der Waals surface area contributed by atoms with Crippen LogP contribution >= 0.6 is 0 Å². The summed E-state index contributed by atoms with van der Waals surface area (Å²) < 4.78 is 0. The van der Waals surface area contributed by atoms with Crippen molar-refractivity contribution < 1.29 is 19.8 Å². The Morgan fingerprint density at radius 1 is 1.25 bits per heavy atom. The van der Waals surface area contributed by atoms with E-state index in [4.69, 9.17) is 5.11 Å². The summed E-state index contributed by atoms with van der Waals surface area (Å²) in [5.41, 5.74) is 0.955. The highest BCUT2D eigenvalue weighted by atomic mass is 16.4. The van der Waals surface area contributed by atoms with E-state index in [9.17, 15) is 14.7 Å². The summed E-state index contributed by atoms with van der Waals surface area (Å²) in [6.07, 6.45) is 1.08. The highest BCUT2D eigenvalue weighted by Crippen LogP contribution is 2.14. The first kappa shape index (κ1) is 16.0. The molecule has 2 atom stereocenters. The van der Waals surface area contributed by atoms with Crippen LogP contribution in [-0.2, 0) is 16.0 Å². The van der Waals surface area contributed by atoms with Gasteiger partial charge in [0.2, 0.25) is 5.91 Å². The minimum atomic E-state index is -0.914. The first-order valence-electron chi connectivity index (χ1n) is 6.72. The average molecular weight is 279 g/mol. The minimum absolute atomic E-state index is 0.0613. The van der Waals surface area contributed by atoms with Crippen LogP contribution in [0.25, 0.3) is 0 Å². The van der Waals surface area contributed by atoms with Crippen molar-refractivity contribution in [3.8, 4) is 5.75 Å². The number of amides is 1. The highest BCUT2D eigenvalue weighted by molar-refractivity contribution is 5.79. The van der Waals surface area contributed by atoms with Gasteiger partial charge in [0.15, 0.2) is 0 Å². The van der Waals surface area contributed by atoms with Crippen LogP contribution in [-0.4, -0.2) is 28.1 Å². The lowest BCUT2D eigenvalue weighted by molar-refractivity contribution is -0.137. The molecule has 5 heteroatoms. The molecule has 1 amide bonds. The zero-order chi connectivity index (χ0) is 15.1. The van der Waals surface area contributed by atoms with E-state index in [1.165, 1.54) is 0 Å². The molecule has 0 heterocycles. The fourth-order valence-corrected chi connectivity index (χ4v) is 1.93. The molecule has 0 aromatic heterocycles. The summed E-state index contributed by atoms with van der Waals surface area (Å²) in [5, 5.41) is 20.7. The minimum Gasteiger partial charge on any atom is -0.508 e. The third-order valence-electron chi connectivity index (χ3n) is 3.19. The maximum atomic E-state index is 12.0. The van der Waals surface area contributed by atoms with E-state index in [0.29, 0.717) is 12.8 Å². The van der Waals surface area contributed by atoms with Gasteiger partial charge in [-0.1, -0.05) is 26.0 Å². The molecule has 0 bridgehead atoms. The number of hydrogen-bond donors (Lipinski definition) is 3. The van der Waals surface area contributed by atoms with E-state index in [1.807, 2.05) is 6.92 Å². The van der Waals surface area contributed by atoms with E-state index in [0.717, 1.165) is 5.56 Å². The van der Waals surface area contributed by atoms with Gasteiger partial charge in [-0.2, -0.15) is 0 Å². The summed E-state index contributed by atoms with van der Waals surface area (Å²) in [5.74, 6) is -1.12. The Hall–Kier alpha value is -2.04. The van der Waals surface area contributed by atoms with Crippen LogP contribution in [0.4, 0.5) is 0 Å². The number of carboxylic acid groups (broad SMARTS) is 1. The van der Waals surface area contributed by atoms with Gasteiger partial charge in [0.25, 0.3) is 0 Å². The van der Waals surface area contributed by atoms with Crippen molar-refractivity contribution in [3.63, 3.8) is 0 Å². The van der Waals surface area contributed by atoms with Gasteiger partial charge in [0, 0.05) is 12.0 Å². The van der Waals surface area contributed by atoms with Gasteiger partial charge in [-0.3, -0.25) is 9.59 Å². The molecule has 1 rings (SSSR count).